The highest BCUT2D eigenvalue weighted by atomic mass is 19.4. The first-order valence-electron chi connectivity index (χ1n) is 15.6. The first-order valence-corrected chi connectivity index (χ1v) is 15.6. The largest absolute Gasteiger partial charge is 0.475 e. The number of nitrogens with two attached hydrogens (primary N) is 2. The lowest BCUT2D eigenvalue weighted by Gasteiger charge is -2.47. The van der Waals surface area contributed by atoms with Gasteiger partial charge in [0.2, 0.25) is 5.88 Å². The number of aromatic nitrogens is 6. The third kappa shape index (κ3) is 4.77. The van der Waals surface area contributed by atoms with Gasteiger partial charge >= 0.3 is 12.2 Å². The minimum absolute atomic E-state index is 0.0124. The van der Waals surface area contributed by atoms with E-state index in [1.807, 2.05) is 4.90 Å². The summed E-state index contributed by atoms with van der Waals surface area (Å²) in [6, 6.07) is 0.0414. The molecule has 4 aliphatic rings. The monoisotopic (exact) mass is 688 g/mol. The van der Waals surface area contributed by atoms with E-state index in [1.54, 1.807) is 11.8 Å². The van der Waals surface area contributed by atoms with Gasteiger partial charge in [-0.25, -0.2) is 33.1 Å². The van der Waals surface area contributed by atoms with Crippen LogP contribution in [-0.4, -0.2) is 79.1 Å². The van der Waals surface area contributed by atoms with Crippen molar-refractivity contribution in [1.82, 2.24) is 34.8 Å². The molecule has 12 nitrogen and oxygen atoms in total. The molecule has 49 heavy (non-hydrogen) atoms. The predicted octanol–water partition coefficient (Wildman–Crippen LogP) is 4.72. The number of hydrogen-bond acceptors (Lipinski definition) is 12. The summed E-state index contributed by atoms with van der Waals surface area (Å²) in [5.74, 6) is -4.13. The molecule has 4 aromatic rings. The van der Waals surface area contributed by atoms with Crippen molar-refractivity contribution in [2.75, 3.05) is 49.2 Å². The van der Waals surface area contributed by atoms with Crippen LogP contribution in [0.5, 0.6) is 11.9 Å². The number of nitrogen functional groups attached to an aromatic ring is 2. The number of hydrogen-bond donors (Lipinski definition) is 2. The van der Waals surface area contributed by atoms with Gasteiger partial charge in [-0.2, -0.15) is 23.1 Å². The number of nitrogens with zero attached hydrogens (tertiary/aromatic N) is 8. The van der Waals surface area contributed by atoms with Crippen LogP contribution < -0.4 is 25.8 Å². The van der Waals surface area contributed by atoms with E-state index in [0.717, 1.165) is 13.0 Å². The maximum atomic E-state index is 16.8. The third-order valence-electron chi connectivity index (χ3n) is 10.4. The van der Waals surface area contributed by atoms with Crippen molar-refractivity contribution in [1.29, 1.82) is 0 Å². The van der Waals surface area contributed by atoms with E-state index in [2.05, 4.69) is 29.9 Å². The molecule has 0 amide bonds. The highest BCUT2D eigenvalue weighted by Crippen LogP contribution is 2.70. The summed E-state index contributed by atoms with van der Waals surface area (Å²) < 4.78 is 101. The molecule has 8 rings (SSSR count). The van der Waals surface area contributed by atoms with Crippen molar-refractivity contribution in [3.05, 3.63) is 41.2 Å². The van der Waals surface area contributed by atoms with Gasteiger partial charge in [-0.3, -0.25) is 4.90 Å². The Kier molecular flexibility index (Phi) is 6.68. The molecular weight excluding hydrogens is 658 g/mol. The molecule has 1 saturated carbocycles. The van der Waals surface area contributed by atoms with E-state index in [9.17, 15) is 22.0 Å². The molecule has 1 spiro atoms. The van der Waals surface area contributed by atoms with Crippen LogP contribution in [0, 0.1) is 18.2 Å². The molecule has 3 fully saturated rings. The van der Waals surface area contributed by atoms with Crippen molar-refractivity contribution in [2.24, 2.45) is 5.41 Å². The van der Waals surface area contributed by atoms with Crippen LogP contribution in [0.1, 0.15) is 49.0 Å². The normalized spacial score (nSPS) is 24.7. The number of fused-ring (bicyclic) bond motifs is 1. The Hall–Kier alpha value is -4.74. The second kappa shape index (κ2) is 10.4. The van der Waals surface area contributed by atoms with Crippen molar-refractivity contribution in [3.8, 4) is 23.1 Å². The molecule has 2 saturated heterocycles. The molecule has 1 aliphatic carbocycles. The Morgan fingerprint density at radius 2 is 1.88 bits per heavy atom. The molecule has 3 atom stereocenters. The fourth-order valence-electron chi connectivity index (χ4n) is 7.71. The number of alkyl halides is 5. The van der Waals surface area contributed by atoms with E-state index in [1.165, 1.54) is 12.5 Å². The molecule has 4 aromatic heterocycles. The highest BCUT2D eigenvalue weighted by molar-refractivity contribution is 5.97. The summed E-state index contributed by atoms with van der Waals surface area (Å²) in [6.07, 6.45) is -1.45. The predicted molar refractivity (Wildman–Crippen MR) is 163 cm³/mol. The highest BCUT2D eigenvalue weighted by Gasteiger charge is 2.78. The topological polar surface area (TPSA) is 154 Å². The average Bonchev–Trinajstić information content (AvgIpc) is 3.56. The van der Waals surface area contributed by atoms with E-state index in [4.69, 9.17) is 20.9 Å². The Morgan fingerprint density at radius 1 is 1.10 bits per heavy atom. The summed E-state index contributed by atoms with van der Waals surface area (Å²) in [4.78, 5) is 28.8. The summed E-state index contributed by atoms with van der Waals surface area (Å²) in [5.41, 5.74) is 7.30. The van der Waals surface area contributed by atoms with Crippen LogP contribution in [0.3, 0.4) is 0 Å². The summed E-state index contributed by atoms with van der Waals surface area (Å²) in [7, 11) is 0. The number of ether oxygens (including phenoxy) is 2. The van der Waals surface area contributed by atoms with Crippen molar-refractivity contribution < 1.29 is 35.8 Å². The van der Waals surface area contributed by atoms with Gasteiger partial charge in [0.25, 0.3) is 5.92 Å². The van der Waals surface area contributed by atoms with Crippen molar-refractivity contribution in [2.45, 2.75) is 56.8 Å². The van der Waals surface area contributed by atoms with Gasteiger partial charge in [0, 0.05) is 36.8 Å². The van der Waals surface area contributed by atoms with Gasteiger partial charge < -0.3 is 25.8 Å². The van der Waals surface area contributed by atoms with Gasteiger partial charge in [0.05, 0.1) is 34.8 Å². The van der Waals surface area contributed by atoms with Crippen LogP contribution in [0.2, 0.25) is 0 Å². The average molecular weight is 689 g/mol. The Bertz CT molecular complexity index is 2030. The molecule has 0 radical (unpaired) electrons. The maximum Gasteiger partial charge on any atom is 0.418 e. The first-order chi connectivity index (χ1) is 23.1. The number of rotatable bonds is 6. The van der Waals surface area contributed by atoms with Gasteiger partial charge in [0.15, 0.2) is 5.82 Å². The molecule has 0 bridgehead atoms. The zero-order valence-electron chi connectivity index (χ0n) is 26.3. The lowest BCUT2D eigenvalue weighted by molar-refractivity contribution is -0.137. The quantitative estimate of drug-likeness (QED) is 0.270. The third-order valence-corrected chi connectivity index (χ3v) is 10.4. The summed E-state index contributed by atoms with van der Waals surface area (Å²) >= 11 is 0. The van der Waals surface area contributed by atoms with Gasteiger partial charge in [-0.15, -0.1) is 0 Å². The smallest absolute Gasteiger partial charge is 0.418 e. The molecule has 0 aromatic carbocycles. The second-order valence-corrected chi connectivity index (χ2v) is 13.3. The van der Waals surface area contributed by atoms with Crippen LogP contribution in [0.4, 0.5) is 43.8 Å². The molecule has 3 aliphatic heterocycles. The number of pyridine rings is 2. The van der Waals surface area contributed by atoms with Crippen LogP contribution in [-0.2, 0) is 6.18 Å². The zero-order chi connectivity index (χ0) is 34.7. The molecule has 18 heteroatoms. The van der Waals surface area contributed by atoms with Gasteiger partial charge in [0.1, 0.15) is 53.6 Å². The molecule has 4 N–H and O–H groups in total. The Balaban J connectivity index is 1.28. The van der Waals surface area contributed by atoms with Crippen molar-refractivity contribution >= 4 is 28.4 Å². The van der Waals surface area contributed by atoms with Gasteiger partial charge in [-0.05, 0) is 32.8 Å². The summed E-state index contributed by atoms with van der Waals surface area (Å²) in [5, 5.41) is -0.0124. The lowest BCUT2D eigenvalue weighted by atomic mass is 9.83. The van der Waals surface area contributed by atoms with E-state index in [0.29, 0.717) is 18.5 Å². The SMILES string of the molecule is Cc1nc(N)cc(-c2nc3c4c(nc(OC[C@@]56CCN5C[C@]5(CC5(F)F)C6)nc4c2F)N([C@H](C)c2cncnc2N)CCO3)c1C(F)(F)F. The number of anilines is 3. The minimum atomic E-state index is -4.93. The van der Waals surface area contributed by atoms with Crippen molar-refractivity contribution in [3.63, 3.8) is 0 Å². The fraction of sp³-hybridized carbons (Fsp3) is 0.484. The standard InChI is InChI=1S/C31H30F6N10O2/c1-14-20(31(35,36)37)16(7-18(38)42-14)22-21(32)23-19-25(47(5-6-48-26(19)43-22)15(2)17-8-40-13-41-24(17)39)45-27(44-23)49-12-29-3-4-46(29)11-28(9-29)10-30(28,33)34/h7-8,13,15H,3-6,9-12H2,1-2H3,(H2,38,42)(H2,39,40,41)/t15-,28-,29+/m1/s1. The van der Waals surface area contributed by atoms with E-state index < -0.39 is 62.9 Å². The molecule has 0 unspecified atom stereocenters. The first kappa shape index (κ1) is 31.5. The number of aryl methyl sites for hydroxylation is 1. The Labute approximate surface area is 274 Å². The zero-order valence-corrected chi connectivity index (χ0v) is 26.3. The summed E-state index contributed by atoms with van der Waals surface area (Å²) in [6.45, 7) is 3.87. The van der Waals surface area contributed by atoms with Crippen LogP contribution in [0.15, 0.2) is 18.6 Å². The van der Waals surface area contributed by atoms with Crippen LogP contribution >= 0.6 is 0 Å². The minimum Gasteiger partial charge on any atom is -0.475 e. The maximum absolute atomic E-state index is 16.8. The molecule has 7 heterocycles. The molecular formula is C31H30F6N10O2. The van der Waals surface area contributed by atoms with Gasteiger partial charge in [-0.1, -0.05) is 0 Å². The lowest BCUT2D eigenvalue weighted by Crippen LogP contribution is -2.59. The number of halogens is 6. The van der Waals surface area contributed by atoms with E-state index >= 15 is 4.39 Å². The van der Waals surface area contributed by atoms with Crippen LogP contribution in [0.25, 0.3) is 22.2 Å². The van der Waals surface area contributed by atoms with E-state index in [-0.39, 0.29) is 73.9 Å². The second-order valence-electron chi connectivity index (χ2n) is 13.3. The molecule has 258 valence electrons. The fourth-order valence-corrected chi connectivity index (χ4v) is 7.71. The Morgan fingerprint density at radius 3 is 2.55 bits per heavy atom.